The van der Waals surface area contributed by atoms with Crippen molar-refractivity contribution in [2.45, 2.75) is 19.4 Å². The lowest BCUT2D eigenvalue weighted by atomic mass is 9.89. The highest BCUT2D eigenvalue weighted by Crippen LogP contribution is 2.40. The minimum absolute atomic E-state index is 0.0271. The van der Waals surface area contributed by atoms with Crippen LogP contribution in [0.2, 0.25) is 0 Å². The molecule has 0 amide bonds. The molecule has 0 N–H and O–H groups in total. The van der Waals surface area contributed by atoms with Crippen molar-refractivity contribution in [1.29, 1.82) is 0 Å². The molecule has 0 saturated heterocycles. The molecule has 0 fully saturated rings. The molecule has 0 aromatic heterocycles. The van der Waals surface area contributed by atoms with Crippen LogP contribution in [0.5, 0.6) is 5.75 Å². The van der Waals surface area contributed by atoms with E-state index in [-0.39, 0.29) is 11.7 Å². The Labute approximate surface area is 124 Å². The zero-order valence-corrected chi connectivity index (χ0v) is 12.5. The number of halogens is 1. The number of hydrogen-bond donors (Lipinski definition) is 0. The van der Waals surface area contributed by atoms with Crippen molar-refractivity contribution in [2.75, 3.05) is 6.61 Å². The maximum atomic E-state index is 12.5. The van der Waals surface area contributed by atoms with Gasteiger partial charge in [0.15, 0.2) is 5.78 Å². The van der Waals surface area contributed by atoms with Crippen LogP contribution >= 0.6 is 15.9 Å². The minimum Gasteiger partial charge on any atom is -0.484 e. The second-order valence-corrected chi connectivity index (χ2v) is 5.68. The van der Waals surface area contributed by atoms with E-state index in [2.05, 4.69) is 15.9 Å². The Kier molecular flexibility index (Phi) is 3.38. The summed E-state index contributed by atoms with van der Waals surface area (Å²) < 4.78 is 11.7. The summed E-state index contributed by atoms with van der Waals surface area (Å²) in [6.07, 6.45) is 1.75. The maximum absolute atomic E-state index is 12.5. The van der Waals surface area contributed by atoms with Gasteiger partial charge in [0.05, 0.1) is 23.7 Å². The van der Waals surface area contributed by atoms with Gasteiger partial charge in [-0.05, 0) is 31.5 Å². The first-order chi connectivity index (χ1) is 9.61. The van der Waals surface area contributed by atoms with Gasteiger partial charge in [0, 0.05) is 4.47 Å². The van der Waals surface area contributed by atoms with Crippen LogP contribution in [0, 0.1) is 5.92 Å². The fourth-order valence-corrected chi connectivity index (χ4v) is 2.99. The number of benzene rings is 1. The number of hydrogen-bond acceptors (Lipinski definition) is 4. The van der Waals surface area contributed by atoms with Crippen LogP contribution < -0.4 is 4.74 Å². The predicted molar refractivity (Wildman–Crippen MR) is 75.7 cm³/mol. The van der Waals surface area contributed by atoms with E-state index in [1.807, 2.05) is 6.07 Å². The van der Waals surface area contributed by atoms with E-state index in [1.54, 1.807) is 25.1 Å². The Morgan fingerprint density at radius 2 is 2.30 bits per heavy atom. The quantitative estimate of drug-likeness (QED) is 0.779. The Hall–Kier alpha value is -1.62. The van der Waals surface area contributed by atoms with Crippen LogP contribution in [-0.4, -0.2) is 24.5 Å². The molecule has 2 atom stereocenters. The van der Waals surface area contributed by atoms with Crippen LogP contribution in [0.15, 0.2) is 34.3 Å². The number of esters is 1. The monoisotopic (exact) mass is 336 g/mol. The number of Topliss-reactive ketones (excluding diaryl/α,β-unsaturated/α-hetero) is 1. The van der Waals surface area contributed by atoms with Gasteiger partial charge >= 0.3 is 5.97 Å². The fraction of sp³-hybridized carbons (Fsp3) is 0.333. The van der Waals surface area contributed by atoms with Gasteiger partial charge < -0.3 is 9.47 Å². The molecule has 104 valence electrons. The van der Waals surface area contributed by atoms with E-state index in [9.17, 15) is 9.59 Å². The van der Waals surface area contributed by atoms with Crippen LogP contribution in [0.3, 0.4) is 0 Å². The molecule has 1 aliphatic carbocycles. The summed E-state index contributed by atoms with van der Waals surface area (Å²) in [5.74, 6) is -0.170. The SMILES string of the molecule is CCOC(=O)C1=CC[C@H]2C(=O)c3ccc(Br)cc3O[C@H]12. The summed E-state index contributed by atoms with van der Waals surface area (Å²) in [6.45, 7) is 2.06. The van der Waals surface area contributed by atoms with Gasteiger partial charge in [0.1, 0.15) is 11.9 Å². The highest BCUT2D eigenvalue weighted by Gasteiger charge is 2.44. The zero-order chi connectivity index (χ0) is 14.3. The Morgan fingerprint density at radius 3 is 3.05 bits per heavy atom. The molecule has 3 rings (SSSR count). The first-order valence-electron chi connectivity index (χ1n) is 6.49. The molecule has 0 saturated carbocycles. The highest BCUT2D eigenvalue weighted by molar-refractivity contribution is 9.10. The lowest BCUT2D eigenvalue weighted by Crippen LogP contribution is -2.37. The molecular formula is C15H13BrO4. The Bertz CT molecular complexity index is 620. The van der Waals surface area contributed by atoms with Crippen molar-refractivity contribution in [1.82, 2.24) is 0 Å². The van der Waals surface area contributed by atoms with E-state index in [4.69, 9.17) is 9.47 Å². The summed E-state index contributed by atoms with van der Waals surface area (Å²) in [5, 5.41) is 0. The van der Waals surface area contributed by atoms with E-state index in [0.717, 1.165) is 4.47 Å². The van der Waals surface area contributed by atoms with E-state index < -0.39 is 12.1 Å². The van der Waals surface area contributed by atoms with Crippen LogP contribution in [0.4, 0.5) is 0 Å². The number of ketones is 1. The number of carbonyl (C=O) groups excluding carboxylic acids is 2. The molecule has 1 aromatic carbocycles. The normalized spacial score (nSPS) is 23.5. The molecule has 20 heavy (non-hydrogen) atoms. The summed E-state index contributed by atoms with van der Waals surface area (Å²) >= 11 is 3.35. The minimum atomic E-state index is -0.525. The molecular weight excluding hydrogens is 324 g/mol. The van der Waals surface area contributed by atoms with Crippen molar-refractivity contribution in [3.05, 3.63) is 39.9 Å². The zero-order valence-electron chi connectivity index (χ0n) is 10.9. The summed E-state index contributed by atoms with van der Waals surface area (Å²) in [7, 11) is 0. The molecule has 1 aliphatic heterocycles. The van der Waals surface area contributed by atoms with Crippen molar-refractivity contribution in [3.63, 3.8) is 0 Å². The summed E-state index contributed by atoms with van der Waals surface area (Å²) in [5.41, 5.74) is 1.03. The van der Waals surface area contributed by atoms with Crippen LogP contribution in [0.25, 0.3) is 0 Å². The average molecular weight is 337 g/mol. The van der Waals surface area contributed by atoms with Gasteiger partial charge in [0.2, 0.25) is 0 Å². The smallest absolute Gasteiger partial charge is 0.337 e. The molecule has 0 bridgehead atoms. The van der Waals surface area contributed by atoms with Gasteiger partial charge in [-0.15, -0.1) is 0 Å². The van der Waals surface area contributed by atoms with Crippen molar-refractivity contribution < 1.29 is 19.1 Å². The summed E-state index contributed by atoms with van der Waals surface area (Å²) in [4.78, 5) is 24.3. The Morgan fingerprint density at radius 1 is 1.50 bits per heavy atom. The molecule has 0 unspecified atom stereocenters. The standard InChI is InChI=1S/C15H13BrO4/c1-2-19-15(18)11-6-5-10-13(17)9-4-3-8(16)7-12(9)20-14(10)11/h3-4,6-7,10,14H,2,5H2,1H3/t10-,14-/m0/s1. The predicted octanol–water partition coefficient (Wildman–Crippen LogP) is 2.90. The number of carbonyl (C=O) groups is 2. The molecule has 4 nitrogen and oxygen atoms in total. The summed E-state index contributed by atoms with van der Waals surface area (Å²) in [6, 6.07) is 5.32. The largest absolute Gasteiger partial charge is 0.484 e. The lowest BCUT2D eigenvalue weighted by molar-refractivity contribution is -0.139. The molecule has 2 aliphatic rings. The molecule has 0 spiro atoms. The second kappa shape index (κ2) is 5.05. The third-order valence-corrected chi connectivity index (χ3v) is 4.07. The third-order valence-electron chi connectivity index (χ3n) is 3.57. The number of fused-ring (bicyclic) bond motifs is 2. The second-order valence-electron chi connectivity index (χ2n) is 4.77. The number of allylic oxidation sites excluding steroid dienone is 1. The lowest BCUT2D eigenvalue weighted by Gasteiger charge is -2.29. The van der Waals surface area contributed by atoms with Crippen molar-refractivity contribution in [3.8, 4) is 5.75 Å². The van der Waals surface area contributed by atoms with Gasteiger partial charge in [0.25, 0.3) is 0 Å². The molecule has 1 aromatic rings. The van der Waals surface area contributed by atoms with E-state index in [1.165, 1.54) is 0 Å². The first kappa shape index (κ1) is 13.4. The molecule has 5 heteroatoms. The fourth-order valence-electron chi connectivity index (χ4n) is 2.65. The van der Waals surface area contributed by atoms with Gasteiger partial charge in [-0.2, -0.15) is 0 Å². The van der Waals surface area contributed by atoms with Crippen molar-refractivity contribution >= 4 is 27.7 Å². The highest BCUT2D eigenvalue weighted by atomic mass is 79.9. The van der Waals surface area contributed by atoms with E-state index in [0.29, 0.717) is 29.9 Å². The van der Waals surface area contributed by atoms with Gasteiger partial charge in [-0.25, -0.2) is 4.79 Å². The van der Waals surface area contributed by atoms with Crippen LogP contribution in [0.1, 0.15) is 23.7 Å². The van der Waals surface area contributed by atoms with E-state index >= 15 is 0 Å². The van der Waals surface area contributed by atoms with Crippen molar-refractivity contribution in [2.24, 2.45) is 5.92 Å². The molecule has 1 heterocycles. The van der Waals surface area contributed by atoms with Gasteiger partial charge in [-0.1, -0.05) is 22.0 Å². The topological polar surface area (TPSA) is 52.6 Å². The van der Waals surface area contributed by atoms with Gasteiger partial charge in [-0.3, -0.25) is 4.79 Å². The Balaban J connectivity index is 1.94. The average Bonchev–Trinajstić information content (AvgIpc) is 2.83. The first-order valence-corrected chi connectivity index (χ1v) is 7.28. The number of ether oxygens (including phenoxy) is 2. The molecule has 0 radical (unpaired) electrons. The third kappa shape index (κ3) is 2.06. The van der Waals surface area contributed by atoms with Crippen LogP contribution in [-0.2, 0) is 9.53 Å². The maximum Gasteiger partial charge on any atom is 0.337 e. The number of rotatable bonds is 2.